The number of aromatic nitrogens is 3. The van der Waals surface area contributed by atoms with Gasteiger partial charge in [-0.1, -0.05) is 78.9 Å². The monoisotopic (exact) mass is 415 g/mol. The quantitative estimate of drug-likeness (QED) is 0.310. The molecule has 0 radical (unpaired) electrons. The van der Waals surface area contributed by atoms with Gasteiger partial charge in [-0.25, -0.2) is 14.1 Å². The molecule has 4 heteroatoms. The fourth-order valence-corrected chi connectivity index (χ4v) is 4.25. The van der Waals surface area contributed by atoms with E-state index >= 15 is 0 Å². The number of para-hydroxylation sites is 1. The van der Waals surface area contributed by atoms with Crippen molar-refractivity contribution in [2.45, 2.75) is 0 Å². The first kappa shape index (κ1) is 18.5. The summed E-state index contributed by atoms with van der Waals surface area (Å²) in [7, 11) is 0. The molecule has 0 atom stereocenters. The molecule has 0 aliphatic rings. The molecule has 0 amide bonds. The highest BCUT2D eigenvalue weighted by Gasteiger charge is 2.22. The lowest BCUT2D eigenvalue weighted by atomic mass is 9.95. The molecule has 0 N–H and O–H groups in total. The second kappa shape index (κ2) is 7.43. The van der Waals surface area contributed by atoms with Crippen molar-refractivity contribution >= 4 is 21.9 Å². The minimum atomic E-state index is -0.285. The number of hydrogen-bond donors (Lipinski definition) is 0. The molecule has 3 nitrogen and oxygen atoms in total. The highest BCUT2D eigenvalue weighted by molar-refractivity contribution is 6.13. The van der Waals surface area contributed by atoms with Crippen LogP contribution in [0.25, 0.3) is 50.0 Å². The highest BCUT2D eigenvalue weighted by atomic mass is 19.1. The van der Waals surface area contributed by atoms with E-state index in [-0.39, 0.29) is 5.82 Å². The second-order valence-electron chi connectivity index (χ2n) is 7.67. The summed E-state index contributed by atoms with van der Waals surface area (Å²) in [6.45, 7) is 0. The van der Waals surface area contributed by atoms with Gasteiger partial charge in [0.1, 0.15) is 11.5 Å². The number of rotatable bonds is 3. The maximum absolute atomic E-state index is 14.4. The maximum atomic E-state index is 14.4. The van der Waals surface area contributed by atoms with Crippen molar-refractivity contribution in [1.29, 1.82) is 0 Å². The summed E-state index contributed by atoms with van der Waals surface area (Å²) in [6, 6.07) is 34.9. The SMILES string of the molecule is Fc1ccc2nc3c(c(-c4ccccc4)nn3-c3ccccc3)c(-c3ccccc3)c2c1. The summed E-state index contributed by atoms with van der Waals surface area (Å²) in [5, 5.41) is 6.70. The third-order valence-electron chi connectivity index (χ3n) is 5.68. The van der Waals surface area contributed by atoms with Gasteiger partial charge in [0.2, 0.25) is 0 Å². The third-order valence-corrected chi connectivity index (χ3v) is 5.68. The van der Waals surface area contributed by atoms with Crippen molar-refractivity contribution in [3.05, 3.63) is 115 Å². The molecule has 0 aliphatic carbocycles. The highest BCUT2D eigenvalue weighted by Crippen LogP contribution is 2.40. The van der Waals surface area contributed by atoms with Gasteiger partial charge in [0.15, 0.2) is 5.65 Å². The fraction of sp³-hybridized carbons (Fsp3) is 0. The summed E-state index contributed by atoms with van der Waals surface area (Å²) in [6.07, 6.45) is 0. The molecule has 0 aliphatic heterocycles. The van der Waals surface area contributed by atoms with E-state index in [1.807, 2.05) is 95.7 Å². The minimum absolute atomic E-state index is 0.285. The summed E-state index contributed by atoms with van der Waals surface area (Å²) < 4.78 is 16.3. The van der Waals surface area contributed by atoms with Gasteiger partial charge in [0.25, 0.3) is 0 Å². The number of halogens is 1. The summed E-state index contributed by atoms with van der Waals surface area (Å²) >= 11 is 0. The van der Waals surface area contributed by atoms with E-state index in [0.717, 1.165) is 50.0 Å². The fourth-order valence-electron chi connectivity index (χ4n) is 4.25. The Labute approximate surface area is 184 Å². The molecule has 0 unspecified atom stereocenters. The van der Waals surface area contributed by atoms with Crippen LogP contribution in [0.2, 0.25) is 0 Å². The molecular weight excluding hydrogens is 397 g/mol. The molecule has 0 bridgehead atoms. The normalized spacial score (nSPS) is 11.3. The zero-order chi connectivity index (χ0) is 21.5. The Morgan fingerprint density at radius 3 is 1.97 bits per heavy atom. The van der Waals surface area contributed by atoms with Crippen molar-refractivity contribution in [1.82, 2.24) is 14.8 Å². The Morgan fingerprint density at radius 2 is 1.28 bits per heavy atom. The third kappa shape index (κ3) is 2.96. The molecule has 0 spiro atoms. The van der Waals surface area contributed by atoms with Crippen LogP contribution in [-0.2, 0) is 0 Å². The number of pyridine rings is 1. The number of hydrogen-bond acceptors (Lipinski definition) is 2. The van der Waals surface area contributed by atoms with Crippen molar-refractivity contribution in [3.63, 3.8) is 0 Å². The first-order valence-corrected chi connectivity index (χ1v) is 10.5. The first-order valence-electron chi connectivity index (χ1n) is 10.5. The first-order chi connectivity index (χ1) is 15.8. The van der Waals surface area contributed by atoms with Crippen LogP contribution >= 0.6 is 0 Å². The van der Waals surface area contributed by atoms with Crippen LogP contribution in [0.5, 0.6) is 0 Å². The Bertz CT molecular complexity index is 1560. The van der Waals surface area contributed by atoms with Gasteiger partial charge in [0.05, 0.1) is 16.6 Å². The Balaban J connectivity index is 1.84. The van der Waals surface area contributed by atoms with Gasteiger partial charge in [-0.2, -0.15) is 5.10 Å². The predicted molar refractivity (Wildman–Crippen MR) is 127 cm³/mol. The van der Waals surface area contributed by atoms with Gasteiger partial charge in [-0.3, -0.25) is 0 Å². The second-order valence-corrected chi connectivity index (χ2v) is 7.67. The Kier molecular flexibility index (Phi) is 4.29. The molecule has 32 heavy (non-hydrogen) atoms. The van der Waals surface area contributed by atoms with Crippen LogP contribution in [0.15, 0.2) is 109 Å². The van der Waals surface area contributed by atoms with Gasteiger partial charge in [0, 0.05) is 16.5 Å². The molecule has 4 aromatic carbocycles. The van der Waals surface area contributed by atoms with E-state index in [0.29, 0.717) is 0 Å². The maximum Gasteiger partial charge on any atom is 0.164 e. The van der Waals surface area contributed by atoms with Crippen LogP contribution < -0.4 is 0 Å². The molecule has 2 heterocycles. The smallest absolute Gasteiger partial charge is 0.164 e. The topological polar surface area (TPSA) is 30.7 Å². The molecule has 2 aromatic heterocycles. The lowest BCUT2D eigenvalue weighted by Gasteiger charge is -2.11. The van der Waals surface area contributed by atoms with Crippen LogP contribution in [0, 0.1) is 5.82 Å². The number of fused-ring (bicyclic) bond motifs is 2. The molecular formula is C28H18FN3. The predicted octanol–water partition coefficient (Wildman–Crippen LogP) is 7.05. The summed E-state index contributed by atoms with van der Waals surface area (Å²) in [5.74, 6) is -0.285. The Morgan fingerprint density at radius 1 is 0.656 bits per heavy atom. The van der Waals surface area contributed by atoms with Gasteiger partial charge < -0.3 is 0 Å². The average Bonchev–Trinajstić information content (AvgIpc) is 3.23. The van der Waals surface area contributed by atoms with E-state index in [2.05, 4.69) is 0 Å². The molecule has 0 saturated carbocycles. The standard InChI is InChI=1S/C28H18FN3/c29-21-16-17-24-23(18-21)25(19-10-4-1-5-11-19)26-27(20-12-6-2-7-13-20)31-32(28(26)30-24)22-14-8-3-9-15-22/h1-18H. The van der Waals surface area contributed by atoms with Crippen LogP contribution in [0.3, 0.4) is 0 Å². The van der Waals surface area contributed by atoms with E-state index < -0.39 is 0 Å². The van der Waals surface area contributed by atoms with Gasteiger partial charge in [-0.15, -0.1) is 0 Å². The summed E-state index contributed by atoms with van der Waals surface area (Å²) in [5.41, 5.74) is 6.14. The zero-order valence-electron chi connectivity index (χ0n) is 17.1. The van der Waals surface area contributed by atoms with Gasteiger partial charge >= 0.3 is 0 Å². The van der Waals surface area contributed by atoms with E-state index in [1.54, 1.807) is 12.1 Å². The molecule has 0 saturated heterocycles. The van der Waals surface area contributed by atoms with E-state index in [1.165, 1.54) is 6.07 Å². The van der Waals surface area contributed by atoms with E-state index in [4.69, 9.17) is 10.1 Å². The lowest BCUT2D eigenvalue weighted by molar-refractivity contribution is 0.629. The summed E-state index contributed by atoms with van der Waals surface area (Å²) in [4.78, 5) is 4.96. The number of nitrogens with zero attached hydrogens (tertiary/aromatic N) is 3. The minimum Gasteiger partial charge on any atom is -0.228 e. The molecule has 0 fully saturated rings. The average molecular weight is 415 g/mol. The number of benzene rings is 4. The van der Waals surface area contributed by atoms with Crippen molar-refractivity contribution in [2.75, 3.05) is 0 Å². The lowest BCUT2D eigenvalue weighted by Crippen LogP contribution is -1.98. The van der Waals surface area contributed by atoms with Crippen molar-refractivity contribution in [2.24, 2.45) is 0 Å². The van der Waals surface area contributed by atoms with Crippen molar-refractivity contribution in [3.8, 4) is 28.1 Å². The van der Waals surface area contributed by atoms with Crippen molar-refractivity contribution < 1.29 is 4.39 Å². The van der Waals surface area contributed by atoms with Crippen LogP contribution in [0.1, 0.15) is 0 Å². The largest absolute Gasteiger partial charge is 0.228 e. The molecule has 152 valence electrons. The molecule has 6 aromatic rings. The van der Waals surface area contributed by atoms with Gasteiger partial charge in [-0.05, 0) is 35.9 Å². The van der Waals surface area contributed by atoms with E-state index in [9.17, 15) is 4.39 Å². The molecule has 6 rings (SSSR count). The van der Waals surface area contributed by atoms with Crippen LogP contribution in [0.4, 0.5) is 4.39 Å². The van der Waals surface area contributed by atoms with Crippen LogP contribution in [-0.4, -0.2) is 14.8 Å². The Hall–Kier alpha value is -4.31. The zero-order valence-corrected chi connectivity index (χ0v) is 17.1.